The molecule has 4 unspecified atom stereocenters. The maximum atomic E-state index is 10.9. The highest BCUT2D eigenvalue weighted by molar-refractivity contribution is 5.83. The summed E-state index contributed by atoms with van der Waals surface area (Å²) in [5.41, 5.74) is 4.37. The summed E-state index contributed by atoms with van der Waals surface area (Å²) in [4.78, 5) is 14.4. The highest BCUT2D eigenvalue weighted by Gasteiger charge is 2.44. The van der Waals surface area contributed by atoms with Crippen LogP contribution < -0.4 is 15.4 Å². The van der Waals surface area contributed by atoms with Crippen LogP contribution in [-0.2, 0) is 22.6 Å². The minimum atomic E-state index is -1.19. The maximum absolute atomic E-state index is 10.9. The van der Waals surface area contributed by atoms with Crippen LogP contribution in [0.25, 0.3) is 11.2 Å². The minimum absolute atomic E-state index is 0.0524. The van der Waals surface area contributed by atoms with Crippen molar-refractivity contribution in [2.24, 2.45) is 0 Å². The second kappa shape index (κ2) is 14.1. The van der Waals surface area contributed by atoms with Gasteiger partial charge in [0.25, 0.3) is 0 Å². The number of aromatic nitrogens is 4. The Hall–Kier alpha value is -4.39. The van der Waals surface area contributed by atoms with Gasteiger partial charge in [-0.2, -0.15) is 0 Å². The third-order valence-electron chi connectivity index (χ3n) is 8.08. The van der Waals surface area contributed by atoms with E-state index in [4.69, 9.17) is 24.2 Å². The zero-order valence-electron chi connectivity index (χ0n) is 25.3. The number of nitrogens with zero attached hydrogens (tertiary/aromatic N) is 4. The smallest absolute Gasteiger partial charge is 0.168 e. The van der Waals surface area contributed by atoms with E-state index in [1.807, 2.05) is 60.7 Å². The monoisotopic (exact) mass is 610 g/mol. The Morgan fingerprint density at radius 1 is 0.867 bits per heavy atom. The molecule has 1 fully saturated rings. The van der Waals surface area contributed by atoms with E-state index in [-0.39, 0.29) is 12.5 Å². The molecule has 5 aromatic rings. The first kappa shape index (κ1) is 30.6. The number of aliphatic hydroxyl groups is 2. The van der Waals surface area contributed by atoms with Crippen molar-refractivity contribution >= 4 is 17.0 Å². The molecule has 234 valence electrons. The van der Waals surface area contributed by atoms with Crippen molar-refractivity contribution in [1.82, 2.24) is 24.8 Å². The molecule has 6 rings (SSSR count). The summed E-state index contributed by atoms with van der Waals surface area (Å²) in [6.07, 6.45) is -2.33. The van der Waals surface area contributed by atoms with Gasteiger partial charge < -0.3 is 35.1 Å². The van der Waals surface area contributed by atoms with Crippen LogP contribution in [0.2, 0.25) is 0 Å². The van der Waals surface area contributed by atoms with E-state index >= 15 is 0 Å². The number of para-hydroxylation sites is 1. The fourth-order valence-electron chi connectivity index (χ4n) is 5.77. The summed E-state index contributed by atoms with van der Waals surface area (Å²) >= 11 is 0. The van der Waals surface area contributed by atoms with Crippen molar-refractivity contribution in [3.05, 3.63) is 114 Å². The van der Waals surface area contributed by atoms with Gasteiger partial charge in [-0.3, -0.25) is 4.57 Å². The van der Waals surface area contributed by atoms with Gasteiger partial charge in [0.05, 0.1) is 26.6 Å². The number of aliphatic hydroxyl groups excluding tert-OH is 2. The van der Waals surface area contributed by atoms with Crippen molar-refractivity contribution in [3.63, 3.8) is 0 Å². The van der Waals surface area contributed by atoms with Crippen LogP contribution in [0, 0.1) is 0 Å². The molecule has 4 atom stereocenters. The van der Waals surface area contributed by atoms with Crippen LogP contribution in [0.5, 0.6) is 5.75 Å². The largest absolute Gasteiger partial charge is 0.496 e. The highest BCUT2D eigenvalue weighted by Crippen LogP contribution is 2.33. The lowest BCUT2D eigenvalue weighted by atomic mass is 9.91. The van der Waals surface area contributed by atoms with Crippen molar-refractivity contribution in [3.8, 4) is 5.75 Å². The van der Waals surface area contributed by atoms with Crippen LogP contribution in [0.1, 0.15) is 34.7 Å². The average molecular weight is 611 g/mol. The molecule has 11 nitrogen and oxygen atoms in total. The van der Waals surface area contributed by atoms with Crippen molar-refractivity contribution in [1.29, 1.82) is 0 Å². The lowest BCUT2D eigenvalue weighted by molar-refractivity contribution is -0.0580. The third-order valence-corrected chi connectivity index (χ3v) is 8.08. The van der Waals surface area contributed by atoms with Gasteiger partial charge in [-0.1, -0.05) is 78.9 Å². The molecule has 4 N–H and O–H groups in total. The van der Waals surface area contributed by atoms with Crippen LogP contribution in [0.3, 0.4) is 0 Å². The molecule has 3 heterocycles. The first-order valence-electron chi connectivity index (χ1n) is 15.0. The first-order valence-corrected chi connectivity index (χ1v) is 15.0. The van der Waals surface area contributed by atoms with Crippen LogP contribution in [0.4, 0.5) is 5.82 Å². The molecule has 3 aromatic carbocycles. The Balaban J connectivity index is 1.32. The van der Waals surface area contributed by atoms with Gasteiger partial charge in [0.15, 0.2) is 23.2 Å². The molecular formula is C34H38N6O5. The fourth-order valence-corrected chi connectivity index (χ4v) is 5.77. The summed E-state index contributed by atoms with van der Waals surface area (Å²) in [5, 5.41) is 28.5. The third kappa shape index (κ3) is 6.68. The lowest BCUT2D eigenvalue weighted by Crippen LogP contribution is -2.33. The van der Waals surface area contributed by atoms with Crippen molar-refractivity contribution in [2.75, 3.05) is 32.7 Å². The number of ether oxygens (including phenoxy) is 3. The SMILES string of the molecule is COCC1OC(n2cnc3c(NCC(c4ccccc4)c4ccccc4)nc(CNCc4ccccc4OC)nc32)C(O)C1O. The molecule has 0 saturated carbocycles. The van der Waals surface area contributed by atoms with Gasteiger partial charge in [-0.25, -0.2) is 15.0 Å². The zero-order valence-corrected chi connectivity index (χ0v) is 25.3. The number of hydrogen-bond acceptors (Lipinski definition) is 10. The molecule has 0 spiro atoms. The van der Waals surface area contributed by atoms with E-state index in [0.717, 1.165) is 11.3 Å². The lowest BCUT2D eigenvalue weighted by Gasteiger charge is -2.20. The molecule has 1 saturated heterocycles. The predicted molar refractivity (Wildman–Crippen MR) is 170 cm³/mol. The van der Waals surface area contributed by atoms with E-state index < -0.39 is 24.5 Å². The van der Waals surface area contributed by atoms with Gasteiger partial charge >= 0.3 is 0 Å². The molecule has 45 heavy (non-hydrogen) atoms. The number of rotatable bonds is 13. The average Bonchev–Trinajstić information content (AvgIpc) is 3.62. The quantitative estimate of drug-likeness (QED) is 0.157. The molecule has 0 radical (unpaired) electrons. The zero-order chi connectivity index (χ0) is 31.2. The van der Waals surface area contributed by atoms with Gasteiger partial charge in [0.1, 0.15) is 29.9 Å². The number of imidazole rings is 1. The molecule has 0 amide bonds. The Morgan fingerprint density at radius 2 is 1.56 bits per heavy atom. The van der Waals surface area contributed by atoms with Crippen LogP contribution in [-0.4, -0.2) is 75.4 Å². The number of anilines is 1. The Kier molecular flexibility index (Phi) is 9.63. The number of hydrogen-bond donors (Lipinski definition) is 4. The number of nitrogens with one attached hydrogen (secondary N) is 2. The fraction of sp³-hybridized carbons (Fsp3) is 0.324. The molecule has 11 heteroatoms. The van der Waals surface area contributed by atoms with Gasteiger partial charge in [0, 0.05) is 31.7 Å². The Morgan fingerprint density at radius 3 is 2.24 bits per heavy atom. The van der Waals surface area contributed by atoms with Gasteiger partial charge in [-0.15, -0.1) is 0 Å². The van der Waals surface area contributed by atoms with E-state index in [2.05, 4.69) is 39.9 Å². The molecule has 0 aliphatic carbocycles. The Labute approximate surface area is 261 Å². The minimum Gasteiger partial charge on any atom is -0.496 e. The first-order chi connectivity index (χ1) is 22.1. The summed E-state index contributed by atoms with van der Waals surface area (Å²) in [6, 6.07) is 28.5. The molecule has 1 aliphatic heterocycles. The van der Waals surface area contributed by atoms with Gasteiger partial charge in [0.2, 0.25) is 0 Å². The summed E-state index contributed by atoms with van der Waals surface area (Å²) in [6.45, 7) is 1.60. The van der Waals surface area contributed by atoms with Crippen LogP contribution in [0.15, 0.2) is 91.3 Å². The normalized spacial score (nSPS) is 19.8. The summed E-state index contributed by atoms with van der Waals surface area (Å²) in [5.74, 6) is 1.94. The maximum Gasteiger partial charge on any atom is 0.168 e. The summed E-state index contributed by atoms with van der Waals surface area (Å²) < 4.78 is 18.4. The molecule has 1 aliphatic rings. The van der Waals surface area contributed by atoms with E-state index in [1.54, 1.807) is 18.0 Å². The highest BCUT2D eigenvalue weighted by atomic mass is 16.6. The van der Waals surface area contributed by atoms with E-state index in [0.29, 0.717) is 42.4 Å². The molecule has 0 bridgehead atoms. The second-order valence-corrected chi connectivity index (χ2v) is 11.0. The van der Waals surface area contributed by atoms with Crippen molar-refractivity contribution < 1.29 is 24.4 Å². The molecular weight excluding hydrogens is 572 g/mol. The standard InChI is InChI=1S/C34H38N6O5/c1-43-20-27-30(41)31(42)34(45-27)40-21-37-29-32(36-18-25(22-11-5-3-6-12-22)23-13-7-4-8-14-23)38-28(39-33(29)40)19-35-17-24-15-9-10-16-26(24)44-2/h3-16,21,25,27,30-31,34-35,41-42H,17-20H2,1-2H3,(H,36,38,39). The topological polar surface area (TPSA) is 136 Å². The van der Waals surface area contributed by atoms with E-state index in [1.165, 1.54) is 18.2 Å². The number of methoxy groups -OCH3 is 2. The predicted octanol–water partition coefficient (Wildman–Crippen LogP) is 3.63. The van der Waals surface area contributed by atoms with E-state index in [9.17, 15) is 10.2 Å². The van der Waals surface area contributed by atoms with Gasteiger partial charge in [-0.05, 0) is 17.2 Å². The van der Waals surface area contributed by atoms with Crippen molar-refractivity contribution in [2.45, 2.75) is 43.5 Å². The second-order valence-electron chi connectivity index (χ2n) is 11.0. The number of benzene rings is 3. The van der Waals surface area contributed by atoms with Crippen LogP contribution >= 0.6 is 0 Å². The number of fused-ring (bicyclic) bond motifs is 1. The summed E-state index contributed by atoms with van der Waals surface area (Å²) in [7, 11) is 3.18. The Bertz CT molecular complexity index is 1650. The molecule has 2 aromatic heterocycles.